The molecule has 110 valence electrons. The Hall–Kier alpha value is -1.21. The highest BCUT2D eigenvalue weighted by molar-refractivity contribution is 9.10. The van der Waals surface area contributed by atoms with E-state index in [1.165, 1.54) is 0 Å². The van der Waals surface area contributed by atoms with Crippen LogP contribution < -0.4 is 5.32 Å². The van der Waals surface area contributed by atoms with Crippen LogP contribution in [0, 0.1) is 6.92 Å². The van der Waals surface area contributed by atoms with Crippen LogP contribution in [0.25, 0.3) is 0 Å². The average Bonchev–Trinajstić information content (AvgIpc) is 2.96. The maximum Gasteiger partial charge on any atom is 0.0965 e. The Kier molecular flexibility index (Phi) is 4.93. The van der Waals surface area contributed by atoms with Gasteiger partial charge in [0.15, 0.2) is 0 Å². The van der Waals surface area contributed by atoms with Crippen LogP contribution >= 0.6 is 15.9 Å². The van der Waals surface area contributed by atoms with Crippen LogP contribution in [0.15, 0.2) is 10.7 Å². The lowest BCUT2D eigenvalue weighted by molar-refractivity contribution is 0.563. The molecule has 0 saturated heterocycles. The minimum atomic E-state index is 0.443. The lowest BCUT2D eigenvalue weighted by atomic mass is 10.3. The fourth-order valence-corrected chi connectivity index (χ4v) is 2.39. The molecule has 2 rings (SSSR count). The third-order valence-electron chi connectivity index (χ3n) is 3.04. The van der Waals surface area contributed by atoms with Crippen molar-refractivity contribution in [3.8, 4) is 0 Å². The zero-order chi connectivity index (χ0) is 14.7. The number of halogens is 1. The fraction of sp³-hybridized carbons (Fsp3) is 0.615. The van der Waals surface area contributed by atoms with Crippen LogP contribution in [-0.2, 0) is 19.6 Å². The molecule has 0 aliphatic rings. The molecule has 6 nitrogen and oxygen atoms in total. The van der Waals surface area contributed by atoms with Gasteiger partial charge in [0, 0.05) is 19.1 Å². The molecule has 0 aromatic carbocycles. The van der Waals surface area contributed by atoms with Gasteiger partial charge in [-0.3, -0.25) is 4.68 Å². The van der Waals surface area contributed by atoms with Crippen LogP contribution in [0.5, 0.6) is 0 Å². The lowest BCUT2D eigenvalue weighted by Crippen LogP contribution is -2.21. The van der Waals surface area contributed by atoms with Gasteiger partial charge in [-0.05, 0) is 29.8 Å². The van der Waals surface area contributed by atoms with Gasteiger partial charge in [0.2, 0.25) is 0 Å². The van der Waals surface area contributed by atoms with Crippen LogP contribution in [0.1, 0.15) is 37.9 Å². The van der Waals surface area contributed by atoms with Gasteiger partial charge in [-0.25, -0.2) is 4.68 Å². The SMILES string of the molecule is CCn1nc(C)c(Br)c1Cn1cc(CNC(C)C)nn1. The van der Waals surface area contributed by atoms with Gasteiger partial charge in [0.1, 0.15) is 0 Å². The third-order valence-corrected chi connectivity index (χ3v) is 4.07. The van der Waals surface area contributed by atoms with Crippen molar-refractivity contribution in [2.45, 2.75) is 53.4 Å². The Bertz CT molecular complexity index is 571. The summed E-state index contributed by atoms with van der Waals surface area (Å²) >= 11 is 3.60. The first kappa shape index (κ1) is 15.2. The van der Waals surface area contributed by atoms with Crippen molar-refractivity contribution in [2.24, 2.45) is 0 Å². The molecule has 0 bridgehead atoms. The molecule has 1 N–H and O–H groups in total. The van der Waals surface area contributed by atoms with Crippen molar-refractivity contribution in [3.05, 3.63) is 27.8 Å². The van der Waals surface area contributed by atoms with E-state index >= 15 is 0 Å². The third kappa shape index (κ3) is 3.46. The van der Waals surface area contributed by atoms with Gasteiger partial charge in [-0.2, -0.15) is 5.10 Å². The molecule has 0 atom stereocenters. The summed E-state index contributed by atoms with van der Waals surface area (Å²) in [6.45, 7) is 10.6. The highest BCUT2D eigenvalue weighted by Crippen LogP contribution is 2.21. The lowest BCUT2D eigenvalue weighted by Gasteiger charge is -2.05. The van der Waals surface area contributed by atoms with Crippen molar-refractivity contribution < 1.29 is 0 Å². The highest BCUT2D eigenvalue weighted by Gasteiger charge is 2.13. The van der Waals surface area contributed by atoms with Crippen LogP contribution in [-0.4, -0.2) is 30.8 Å². The number of hydrogen-bond donors (Lipinski definition) is 1. The summed E-state index contributed by atoms with van der Waals surface area (Å²) in [4.78, 5) is 0. The number of aryl methyl sites for hydroxylation is 2. The average molecular weight is 341 g/mol. The molecular weight excluding hydrogens is 320 g/mol. The normalized spacial score (nSPS) is 11.5. The van der Waals surface area contributed by atoms with Crippen LogP contribution in [0.3, 0.4) is 0 Å². The van der Waals surface area contributed by atoms with E-state index in [-0.39, 0.29) is 0 Å². The van der Waals surface area contributed by atoms with Crippen molar-refractivity contribution in [2.75, 3.05) is 0 Å². The molecular formula is C13H21BrN6. The molecule has 0 spiro atoms. The first-order valence-corrected chi connectivity index (χ1v) is 7.64. The first-order chi connectivity index (χ1) is 9.51. The van der Waals surface area contributed by atoms with Gasteiger partial charge in [0.25, 0.3) is 0 Å². The number of nitrogens with one attached hydrogen (secondary N) is 1. The summed E-state index contributed by atoms with van der Waals surface area (Å²) in [6, 6.07) is 0.443. The molecule has 0 saturated carbocycles. The van der Waals surface area contributed by atoms with E-state index < -0.39 is 0 Å². The second-order valence-corrected chi connectivity index (χ2v) is 5.90. The zero-order valence-electron chi connectivity index (χ0n) is 12.4. The van der Waals surface area contributed by atoms with E-state index in [0.29, 0.717) is 12.6 Å². The number of aromatic nitrogens is 5. The molecule has 7 heteroatoms. The Labute approximate surface area is 127 Å². The van der Waals surface area contributed by atoms with Gasteiger partial charge in [0.05, 0.1) is 34.3 Å². The second-order valence-electron chi connectivity index (χ2n) is 5.10. The minimum absolute atomic E-state index is 0.443. The van der Waals surface area contributed by atoms with Crippen LogP contribution in [0.4, 0.5) is 0 Å². The van der Waals surface area contributed by atoms with Gasteiger partial charge < -0.3 is 5.32 Å². The predicted molar refractivity (Wildman–Crippen MR) is 81.4 cm³/mol. The summed E-state index contributed by atoms with van der Waals surface area (Å²) in [6.07, 6.45) is 1.98. The Morgan fingerprint density at radius 2 is 2.15 bits per heavy atom. The molecule has 0 amide bonds. The summed E-state index contributed by atoms with van der Waals surface area (Å²) in [5, 5.41) is 16.2. The Morgan fingerprint density at radius 3 is 2.80 bits per heavy atom. The fourth-order valence-electron chi connectivity index (χ4n) is 1.98. The zero-order valence-corrected chi connectivity index (χ0v) is 14.0. The van der Waals surface area contributed by atoms with Gasteiger partial charge >= 0.3 is 0 Å². The predicted octanol–water partition coefficient (Wildman–Crippen LogP) is 2.11. The summed E-state index contributed by atoms with van der Waals surface area (Å²) in [5.74, 6) is 0. The van der Waals surface area contributed by atoms with Crippen molar-refractivity contribution in [3.63, 3.8) is 0 Å². The van der Waals surface area contributed by atoms with E-state index in [2.05, 4.69) is 57.4 Å². The monoisotopic (exact) mass is 340 g/mol. The van der Waals surface area contributed by atoms with Crippen molar-refractivity contribution in [1.82, 2.24) is 30.1 Å². The van der Waals surface area contributed by atoms with Gasteiger partial charge in [-0.1, -0.05) is 19.1 Å². The maximum absolute atomic E-state index is 4.49. The van der Waals surface area contributed by atoms with E-state index in [9.17, 15) is 0 Å². The van der Waals surface area contributed by atoms with E-state index in [0.717, 1.165) is 34.6 Å². The molecule has 20 heavy (non-hydrogen) atoms. The van der Waals surface area contributed by atoms with E-state index in [1.54, 1.807) is 0 Å². The molecule has 2 aromatic heterocycles. The molecule has 0 radical (unpaired) electrons. The highest BCUT2D eigenvalue weighted by atomic mass is 79.9. The number of nitrogens with zero attached hydrogens (tertiary/aromatic N) is 5. The molecule has 0 aliphatic heterocycles. The molecule has 0 unspecified atom stereocenters. The summed E-state index contributed by atoms with van der Waals surface area (Å²) < 4.78 is 4.90. The Balaban J connectivity index is 2.10. The smallest absolute Gasteiger partial charge is 0.0965 e. The van der Waals surface area contributed by atoms with Crippen LogP contribution in [0.2, 0.25) is 0 Å². The largest absolute Gasteiger partial charge is 0.309 e. The number of rotatable bonds is 6. The molecule has 2 aromatic rings. The standard InChI is InChI=1S/C13H21BrN6/c1-5-20-12(13(14)10(4)17-20)8-19-7-11(16-18-19)6-15-9(2)3/h7,9,15H,5-6,8H2,1-4H3. The topological polar surface area (TPSA) is 60.6 Å². The molecule has 2 heterocycles. The summed E-state index contributed by atoms with van der Waals surface area (Å²) in [7, 11) is 0. The number of hydrogen-bond acceptors (Lipinski definition) is 4. The first-order valence-electron chi connectivity index (χ1n) is 6.85. The Morgan fingerprint density at radius 1 is 1.40 bits per heavy atom. The van der Waals surface area contributed by atoms with E-state index in [1.807, 2.05) is 22.5 Å². The van der Waals surface area contributed by atoms with Crippen molar-refractivity contribution in [1.29, 1.82) is 0 Å². The quantitative estimate of drug-likeness (QED) is 0.874. The van der Waals surface area contributed by atoms with Crippen molar-refractivity contribution >= 4 is 15.9 Å². The molecule has 0 fully saturated rings. The minimum Gasteiger partial charge on any atom is -0.309 e. The second kappa shape index (κ2) is 6.49. The molecule has 0 aliphatic carbocycles. The summed E-state index contributed by atoms with van der Waals surface area (Å²) in [5.41, 5.74) is 3.08. The maximum atomic E-state index is 4.49. The van der Waals surface area contributed by atoms with Gasteiger partial charge in [-0.15, -0.1) is 5.10 Å². The van der Waals surface area contributed by atoms with E-state index in [4.69, 9.17) is 0 Å².